The normalized spacial score (nSPS) is 10.9. The molecule has 0 aliphatic rings. The fourth-order valence-corrected chi connectivity index (χ4v) is 3.12. The molecule has 0 spiro atoms. The summed E-state index contributed by atoms with van der Waals surface area (Å²) in [5.41, 5.74) is 0.644. The molecule has 0 atom stereocenters. The Kier molecular flexibility index (Phi) is 6.65. The van der Waals surface area contributed by atoms with E-state index in [2.05, 4.69) is 17.2 Å². The van der Waals surface area contributed by atoms with Crippen LogP contribution in [0.1, 0.15) is 33.1 Å². The SMILES string of the molecule is CCCCNC(=O)CSc1nc2ccccc2c(=O)n1CCC. The molecule has 5 nitrogen and oxygen atoms in total. The fraction of sp³-hybridized carbons (Fsp3) is 0.471. The van der Waals surface area contributed by atoms with Crippen molar-refractivity contribution in [2.24, 2.45) is 0 Å². The van der Waals surface area contributed by atoms with Gasteiger partial charge < -0.3 is 5.32 Å². The number of unbranched alkanes of at least 4 members (excludes halogenated alkanes) is 1. The molecule has 1 aromatic carbocycles. The quantitative estimate of drug-likeness (QED) is 0.458. The highest BCUT2D eigenvalue weighted by Crippen LogP contribution is 2.17. The third-order valence-corrected chi connectivity index (χ3v) is 4.44. The zero-order valence-electron chi connectivity index (χ0n) is 13.7. The van der Waals surface area contributed by atoms with Gasteiger partial charge in [-0.15, -0.1) is 0 Å². The summed E-state index contributed by atoms with van der Waals surface area (Å²) < 4.78 is 1.67. The number of hydrogen-bond donors (Lipinski definition) is 1. The lowest BCUT2D eigenvalue weighted by atomic mass is 10.2. The molecule has 2 rings (SSSR count). The Morgan fingerprint density at radius 2 is 2.04 bits per heavy atom. The van der Waals surface area contributed by atoms with Crippen molar-refractivity contribution in [2.75, 3.05) is 12.3 Å². The van der Waals surface area contributed by atoms with Crippen LogP contribution in [0.25, 0.3) is 10.9 Å². The van der Waals surface area contributed by atoms with Gasteiger partial charge in [0.2, 0.25) is 5.91 Å². The van der Waals surface area contributed by atoms with Gasteiger partial charge in [0, 0.05) is 13.1 Å². The lowest BCUT2D eigenvalue weighted by molar-refractivity contribution is -0.118. The molecule has 0 bridgehead atoms. The Labute approximate surface area is 140 Å². The number of nitrogens with zero attached hydrogens (tertiary/aromatic N) is 2. The molecular weight excluding hydrogens is 310 g/mol. The van der Waals surface area contributed by atoms with Crippen LogP contribution in [-0.4, -0.2) is 27.8 Å². The van der Waals surface area contributed by atoms with Crippen LogP contribution in [0.15, 0.2) is 34.2 Å². The topological polar surface area (TPSA) is 64.0 Å². The van der Waals surface area contributed by atoms with Crippen molar-refractivity contribution >= 4 is 28.6 Å². The second-order valence-electron chi connectivity index (χ2n) is 5.36. The lowest BCUT2D eigenvalue weighted by Gasteiger charge is -2.12. The average Bonchev–Trinajstić information content (AvgIpc) is 2.56. The molecule has 0 aliphatic carbocycles. The van der Waals surface area contributed by atoms with Crippen LogP contribution in [0.5, 0.6) is 0 Å². The second kappa shape index (κ2) is 8.72. The Morgan fingerprint density at radius 1 is 1.26 bits per heavy atom. The summed E-state index contributed by atoms with van der Waals surface area (Å²) >= 11 is 1.32. The van der Waals surface area contributed by atoms with Crippen LogP contribution < -0.4 is 10.9 Å². The van der Waals surface area contributed by atoms with E-state index in [1.165, 1.54) is 11.8 Å². The van der Waals surface area contributed by atoms with Gasteiger partial charge in [0.1, 0.15) is 0 Å². The number of para-hydroxylation sites is 1. The number of amides is 1. The zero-order chi connectivity index (χ0) is 16.7. The van der Waals surface area contributed by atoms with E-state index < -0.39 is 0 Å². The molecule has 0 radical (unpaired) electrons. The highest BCUT2D eigenvalue weighted by Gasteiger charge is 2.12. The molecule has 6 heteroatoms. The number of hydrogen-bond acceptors (Lipinski definition) is 4. The summed E-state index contributed by atoms with van der Waals surface area (Å²) in [5, 5.41) is 4.12. The smallest absolute Gasteiger partial charge is 0.262 e. The molecule has 124 valence electrons. The maximum atomic E-state index is 12.6. The van der Waals surface area contributed by atoms with Gasteiger partial charge in [0.05, 0.1) is 16.7 Å². The lowest BCUT2D eigenvalue weighted by Crippen LogP contribution is -2.27. The number of carbonyl (C=O) groups is 1. The number of fused-ring (bicyclic) bond motifs is 1. The van der Waals surface area contributed by atoms with E-state index >= 15 is 0 Å². The van der Waals surface area contributed by atoms with E-state index in [1.54, 1.807) is 10.6 Å². The van der Waals surface area contributed by atoms with E-state index in [-0.39, 0.29) is 17.2 Å². The van der Waals surface area contributed by atoms with Gasteiger partial charge in [-0.3, -0.25) is 14.2 Å². The first kappa shape index (κ1) is 17.5. The number of thioether (sulfide) groups is 1. The monoisotopic (exact) mass is 333 g/mol. The molecule has 1 heterocycles. The van der Waals surface area contributed by atoms with Crippen molar-refractivity contribution in [1.29, 1.82) is 0 Å². The van der Waals surface area contributed by atoms with Crippen LogP contribution in [0, 0.1) is 0 Å². The highest BCUT2D eigenvalue weighted by molar-refractivity contribution is 7.99. The number of aromatic nitrogens is 2. The van der Waals surface area contributed by atoms with Crippen molar-refractivity contribution < 1.29 is 4.79 Å². The second-order valence-corrected chi connectivity index (χ2v) is 6.30. The summed E-state index contributed by atoms with van der Waals surface area (Å²) in [6, 6.07) is 7.33. The molecule has 0 saturated carbocycles. The minimum absolute atomic E-state index is 0.0195. The first-order valence-electron chi connectivity index (χ1n) is 8.06. The predicted octanol–water partition coefficient (Wildman–Crippen LogP) is 2.81. The van der Waals surface area contributed by atoms with Crippen LogP contribution in [0.2, 0.25) is 0 Å². The molecule has 0 unspecified atom stereocenters. The summed E-state index contributed by atoms with van der Waals surface area (Å²) in [6.07, 6.45) is 2.87. The van der Waals surface area contributed by atoms with Gasteiger partial charge in [0.15, 0.2) is 5.16 Å². The summed E-state index contributed by atoms with van der Waals surface area (Å²) in [6.45, 7) is 5.41. The summed E-state index contributed by atoms with van der Waals surface area (Å²) in [4.78, 5) is 29.0. The summed E-state index contributed by atoms with van der Waals surface area (Å²) in [5.74, 6) is 0.256. The molecule has 1 amide bonds. The Bertz CT molecular complexity index is 727. The fourth-order valence-electron chi connectivity index (χ4n) is 2.26. The van der Waals surface area contributed by atoms with Crippen LogP contribution in [0.4, 0.5) is 0 Å². The van der Waals surface area contributed by atoms with Crippen LogP contribution in [0.3, 0.4) is 0 Å². The van der Waals surface area contributed by atoms with Crippen molar-refractivity contribution in [1.82, 2.24) is 14.9 Å². The van der Waals surface area contributed by atoms with E-state index in [1.807, 2.05) is 25.1 Å². The van der Waals surface area contributed by atoms with E-state index in [0.29, 0.717) is 29.1 Å². The third kappa shape index (κ3) is 4.58. The summed E-state index contributed by atoms with van der Waals surface area (Å²) in [7, 11) is 0. The predicted molar refractivity (Wildman–Crippen MR) is 94.9 cm³/mol. The van der Waals surface area contributed by atoms with E-state index in [9.17, 15) is 9.59 Å². The number of benzene rings is 1. The van der Waals surface area contributed by atoms with Gasteiger partial charge >= 0.3 is 0 Å². The van der Waals surface area contributed by atoms with Crippen LogP contribution >= 0.6 is 11.8 Å². The van der Waals surface area contributed by atoms with Gasteiger partial charge in [-0.1, -0.05) is 44.2 Å². The maximum Gasteiger partial charge on any atom is 0.262 e. The van der Waals surface area contributed by atoms with E-state index in [0.717, 1.165) is 19.3 Å². The maximum absolute atomic E-state index is 12.6. The van der Waals surface area contributed by atoms with Crippen molar-refractivity contribution in [2.45, 2.75) is 44.8 Å². The van der Waals surface area contributed by atoms with Gasteiger partial charge in [-0.05, 0) is 25.0 Å². The Hall–Kier alpha value is -1.82. The molecule has 0 aliphatic heterocycles. The van der Waals surface area contributed by atoms with Crippen molar-refractivity contribution in [3.63, 3.8) is 0 Å². The van der Waals surface area contributed by atoms with Crippen molar-refractivity contribution in [3.8, 4) is 0 Å². The average molecular weight is 333 g/mol. The first-order chi connectivity index (χ1) is 11.2. The molecule has 23 heavy (non-hydrogen) atoms. The number of nitrogens with one attached hydrogen (secondary N) is 1. The molecule has 0 fully saturated rings. The Morgan fingerprint density at radius 3 is 2.78 bits per heavy atom. The number of rotatable bonds is 8. The van der Waals surface area contributed by atoms with Crippen LogP contribution in [-0.2, 0) is 11.3 Å². The first-order valence-corrected chi connectivity index (χ1v) is 9.05. The largest absolute Gasteiger partial charge is 0.355 e. The van der Waals surface area contributed by atoms with E-state index in [4.69, 9.17) is 0 Å². The zero-order valence-corrected chi connectivity index (χ0v) is 14.5. The third-order valence-electron chi connectivity index (χ3n) is 3.46. The van der Waals surface area contributed by atoms with Gasteiger partial charge in [-0.25, -0.2) is 4.98 Å². The molecule has 2 aromatic rings. The van der Waals surface area contributed by atoms with Gasteiger partial charge in [-0.2, -0.15) is 0 Å². The molecular formula is C17H23N3O2S. The molecule has 1 N–H and O–H groups in total. The van der Waals surface area contributed by atoms with Gasteiger partial charge in [0.25, 0.3) is 5.56 Å². The molecule has 1 aromatic heterocycles. The Balaban J connectivity index is 2.20. The number of carbonyl (C=O) groups excluding carboxylic acids is 1. The highest BCUT2D eigenvalue weighted by atomic mass is 32.2. The standard InChI is InChI=1S/C17H23N3O2S/c1-3-5-10-18-15(21)12-23-17-19-14-9-7-6-8-13(14)16(22)20(17)11-4-2/h6-9H,3-5,10-12H2,1-2H3,(H,18,21). The minimum Gasteiger partial charge on any atom is -0.355 e. The molecule has 0 saturated heterocycles. The van der Waals surface area contributed by atoms with Crippen molar-refractivity contribution in [3.05, 3.63) is 34.6 Å². The minimum atomic E-state index is -0.0358.